The molecule has 18 heavy (non-hydrogen) atoms. The third-order valence-electron chi connectivity index (χ3n) is 2.73. The zero-order chi connectivity index (χ0) is 13.7. The molecular weight excluding hydrogens is 235 g/mol. The van der Waals surface area contributed by atoms with Crippen LogP contribution in [-0.4, -0.2) is 25.7 Å². The van der Waals surface area contributed by atoms with Crippen molar-refractivity contribution >= 4 is 11.6 Å². The number of ether oxygens (including phenoxy) is 1. The lowest BCUT2D eigenvalue weighted by Gasteiger charge is -2.23. The molecular formula is C13H19FN2O2. The Morgan fingerprint density at radius 3 is 2.67 bits per heavy atom. The van der Waals surface area contributed by atoms with Gasteiger partial charge in [-0.25, -0.2) is 4.39 Å². The van der Waals surface area contributed by atoms with Crippen molar-refractivity contribution in [2.75, 3.05) is 19.0 Å². The molecule has 0 heterocycles. The Morgan fingerprint density at radius 2 is 2.17 bits per heavy atom. The number of benzene rings is 1. The van der Waals surface area contributed by atoms with Gasteiger partial charge in [-0.05, 0) is 24.1 Å². The van der Waals surface area contributed by atoms with Gasteiger partial charge in [-0.2, -0.15) is 0 Å². The molecule has 0 aromatic heterocycles. The molecule has 0 aliphatic carbocycles. The van der Waals surface area contributed by atoms with Gasteiger partial charge in [0.1, 0.15) is 5.82 Å². The lowest BCUT2D eigenvalue weighted by atomic mass is 10.0. The predicted octanol–water partition coefficient (Wildman–Crippen LogP) is 2.01. The minimum Gasteiger partial charge on any atom is -0.383 e. The number of carbonyl (C=O) groups is 1. The van der Waals surface area contributed by atoms with E-state index >= 15 is 0 Å². The molecule has 0 aliphatic heterocycles. The van der Waals surface area contributed by atoms with Gasteiger partial charge >= 0.3 is 0 Å². The Labute approximate surface area is 106 Å². The summed E-state index contributed by atoms with van der Waals surface area (Å²) in [4.78, 5) is 11.0. The second-order valence-corrected chi connectivity index (χ2v) is 4.51. The molecule has 1 amide bonds. The zero-order valence-electron chi connectivity index (χ0n) is 10.9. The molecule has 0 aliphatic rings. The molecule has 0 saturated carbocycles. The lowest BCUT2D eigenvalue weighted by molar-refractivity contribution is 0.0996. The summed E-state index contributed by atoms with van der Waals surface area (Å²) in [6.07, 6.45) is 0. The summed E-state index contributed by atoms with van der Waals surface area (Å²) in [5.74, 6) is -1.04. The number of hydrogen-bond donors (Lipinski definition) is 2. The Balaban J connectivity index is 2.89. The van der Waals surface area contributed by atoms with Crippen LogP contribution >= 0.6 is 0 Å². The molecule has 1 atom stereocenters. The number of methoxy groups -OCH3 is 1. The molecule has 0 radical (unpaired) electrons. The van der Waals surface area contributed by atoms with Crippen molar-refractivity contribution in [3.8, 4) is 0 Å². The van der Waals surface area contributed by atoms with Crippen molar-refractivity contribution in [3.05, 3.63) is 29.6 Å². The van der Waals surface area contributed by atoms with E-state index in [1.807, 2.05) is 0 Å². The van der Waals surface area contributed by atoms with Gasteiger partial charge in [0, 0.05) is 12.8 Å². The van der Waals surface area contributed by atoms with Crippen molar-refractivity contribution in [1.29, 1.82) is 0 Å². The zero-order valence-corrected chi connectivity index (χ0v) is 10.9. The summed E-state index contributed by atoms with van der Waals surface area (Å²) in [5.41, 5.74) is 5.64. The number of nitrogens with two attached hydrogens (primary N) is 1. The van der Waals surface area contributed by atoms with E-state index in [2.05, 4.69) is 19.2 Å². The molecule has 1 aromatic rings. The van der Waals surface area contributed by atoms with Crippen LogP contribution in [0.1, 0.15) is 24.2 Å². The van der Waals surface area contributed by atoms with E-state index in [0.29, 0.717) is 18.2 Å². The van der Waals surface area contributed by atoms with Crippen LogP contribution in [0.25, 0.3) is 0 Å². The summed E-state index contributed by atoms with van der Waals surface area (Å²) in [6, 6.07) is 4.31. The number of amides is 1. The third-order valence-corrected chi connectivity index (χ3v) is 2.73. The number of halogens is 1. The molecule has 3 N–H and O–H groups in total. The first-order valence-corrected chi connectivity index (χ1v) is 5.80. The van der Waals surface area contributed by atoms with Gasteiger partial charge in [0.2, 0.25) is 0 Å². The molecule has 1 unspecified atom stereocenters. The molecule has 0 spiro atoms. The summed E-state index contributed by atoms with van der Waals surface area (Å²) >= 11 is 0. The van der Waals surface area contributed by atoms with Crippen molar-refractivity contribution in [3.63, 3.8) is 0 Å². The first kappa shape index (κ1) is 14.4. The second-order valence-electron chi connectivity index (χ2n) is 4.51. The monoisotopic (exact) mass is 254 g/mol. The average molecular weight is 254 g/mol. The SMILES string of the molecule is COCC(Nc1ccc(F)c(C(N)=O)c1)C(C)C. The van der Waals surface area contributed by atoms with Crippen molar-refractivity contribution < 1.29 is 13.9 Å². The number of anilines is 1. The molecule has 1 rings (SSSR count). The average Bonchev–Trinajstić information content (AvgIpc) is 2.30. The van der Waals surface area contributed by atoms with Crippen LogP contribution in [-0.2, 0) is 4.74 Å². The van der Waals surface area contributed by atoms with E-state index in [4.69, 9.17) is 10.5 Å². The molecule has 1 aromatic carbocycles. The van der Waals surface area contributed by atoms with Gasteiger partial charge in [0.25, 0.3) is 5.91 Å². The number of hydrogen-bond acceptors (Lipinski definition) is 3. The van der Waals surface area contributed by atoms with E-state index in [0.717, 1.165) is 0 Å². The van der Waals surface area contributed by atoms with Crippen molar-refractivity contribution in [2.45, 2.75) is 19.9 Å². The van der Waals surface area contributed by atoms with Gasteiger partial charge in [-0.1, -0.05) is 13.8 Å². The van der Waals surface area contributed by atoms with Crippen LogP contribution in [0, 0.1) is 11.7 Å². The molecule has 0 fully saturated rings. The van der Waals surface area contributed by atoms with Crippen molar-refractivity contribution in [1.82, 2.24) is 0 Å². The minimum absolute atomic E-state index is 0.0844. The number of nitrogens with one attached hydrogen (secondary N) is 1. The highest BCUT2D eigenvalue weighted by atomic mass is 19.1. The van der Waals surface area contributed by atoms with Gasteiger partial charge < -0.3 is 15.8 Å². The quantitative estimate of drug-likeness (QED) is 0.816. The maximum absolute atomic E-state index is 13.3. The second kappa shape index (κ2) is 6.35. The van der Waals surface area contributed by atoms with Crippen LogP contribution < -0.4 is 11.1 Å². The van der Waals surface area contributed by atoms with Gasteiger partial charge in [-0.15, -0.1) is 0 Å². The highest BCUT2D eigenvalue weighted by Crippen LogP contribution is 2.17. The van der Waals surface area contributed by atoms with Gasteiger partial charge in [0.15, 0.2) is 0 Å². The number of rotatable bonds is 6. The largest absolute Gasteiger partial charge is 0.383 e. The Kier molecular flexibility index (Phi) is 5.09. The highest BCUT2D eigenvalue weighted by molar-refractivity contribution is 5.94. The fourth-order valence-electron chi connectivity index (χ4n) is 1.60. The smallest absolute Gasteiger partial charge is 0.251 e. The first-order chi connectivity index (χ1) is 8.45. The van der Waals surface area contributed by atoms with E-state index < -0.39 is 11.7 Å². The van der Waals surface area contributed by atoms with Gasteiger partial charge in [-0.3, -0.25) is 4.79 Å². The number of carbonyl (C=O) groups excluding carboxylic acids is 1. The minimum atomic E-state index is -0.774. The van der Waals surface area contributed by atoms with Crippen LogP contribution in [0.3, 0.4) is 0 Å². The van der Waals surface area contributed by atoms with Crippen LogP contribution in [0.15, 0.2) is 18.2 Å². The Hall–Kier alpha value is -1.62. The molecule has 4 nitrogen and oxygen atoms in total. The van der Waals surface area contributed by atoms with Crippen LogP contribution in [0.2, 0.25) is 0 Å². The maximum Gasteiger partial charge on any atom is 0.251 e. The highest BCUT2D eigenvalue weighted by Gasteiger charge is 2.15. The Bertz CT molecular complexity index is 421. The van der Waals surface area contributed by atoms with E-state index in [-0.39, 0.29) is 11.6 Å². The first-order valence-electron chi connectivity index (χ1n) is 5.80. The fraction of sp³-hybridized carbons (Fsp3) is 0.462. The van der Waals surface area contributed by atoms with E-state index in [1.165, 1.54) is 12.1 Å². The molecule has 0 bridgehead atoms. The maximum atomic E-state index is 13.3. The third kappa shape index (κ3) is 3.70. The predicted molar refractivity (Wildman–Crippen MR) is 69.0 cm³/mol. The van der Waals surface area contributed by atoms with Crippen LogP contribution in [0.5, 0.6) is 0 Å². The van der Waals surface area contributed by atoms with Gasteiger partial charge in [0.05, 0.1) is 18.2 Å². The molecule has 5 heteroatoms. The molecule has 100 valence electrons. The van der Waals surface area contributed by atoms with E-state index in [1.54, 1.807) is 13.2 Å². The fourth-order valence-corrected chi connectivity index (χ4v) is 1.60. The van der Waals surface area contributed by atoms with E-state index in [9.17, 15) is 9.18 Å². The summed E-state index contributed by atoms with van der Waals surface area (Å²) in [5, 5.41) is 3.20. The summed E-state index contributed by atoms with van der Waals surface area (Å²) in [6.45, 7) is 4.63. The van der Waals surface area contributed by atoms with Crippen LogP contribution in [0.4, 0.5) is 10.1 Å². The topological polar surface area (TPSA) is 64.3 Å². The molecule has 0 saturated heterocycles. The standard InChI is InChI=1S/C13H19FN2O2/c1-8(2)12(7-18-3)16-9-4-5-11(14)10(6-9)13(15)17/h4-6,8,12,16H,7H2,1-3H3,(H2,15,17). The normalized spacial score (nSPS) is 12.5. The summed E-state index contributed by atoms with van der Waals surface area (Å²) < 4.78 is 18.4. The lowest BCUT2D eigenvalue weighted by Crippen LogP contribution is -2.30. The Morgan fingerprint density at radius 1 is 1.50 bits per heavy atom. The number of primary amides is 1. The van der Waals surface area contributed by atoms with Crippen molar-refractivity contribution in [2.24, 2.45) is 11.7 Å². The summed E-state index contributed by atoms with van der Waals surface area (Å²) in [7, 11) is 1.62.